The van der Waals surface area contributed by atoms with E-state index in [0.717, 1.165) is 0 Å². The van der Waals surface area contributed by atoms with Crippen LogP contribution in [0.3, 0.4) is 0 Å². The van der Waals surface area contributed by atoms with Crippen molar-refractivity contribution in [2.24, 2.45) is 0 Å². The summed E-state index contributed by atoms with van der Waals surface area (Å²) in [6.45, 7) is 1.18. The number of benzene rings is 1. The third kappa shape index (κ3) is 1.99. The second kappa shape index (κ2) is 4.48. The summed E-state index contributed by atoms with van der Waals surface area (Å²) in [5.74, 6) is 0. The zero-order valence-electron chi connectivity index (χ0n) is 6.99. The van der Waals surface area contributed by atoms with Crippen LogP contribution in [0, 0.1) is 0 Å². The van der Waals surface area contributed by atoms with Crippen molar-refractivity contribution in [2.75, 3.05) is 6.54 Å². The fraction of sp³-hybridized carbons (Fsp3) is 0.400. The molecule has 1 aromatic rings. The Hall–Kier alpha value is -0.530. The van der Waals surface area contributed by atoms with E-state index in [2.05, 4.69) is 35.6 Å². The van der Waals surface area contributed by atoms with Gasteiger partial charge in [-0.2, -0.15) is 0 Å². The average molecular weight is 184 g/mol. The molecule has 0 amide bonds. The van der Waals surface area contributed by atoms with E-state index >= 15 is 0 Å². The van der Waals surface area contributed by atoms with Crippen molar-refractivity contribution >= 4 is 12.4 Å². The minimum Gasteiger partial charge on any atom is -0.310 e. The van der Waals surface area contributed by atoms with Crippen LogP contribution in [0.15, 0.2) is 30.3 Å². The second-order valence-corrected chi connectivity index (χ2v) is 3.06. The zero-order valence-corrected chi connectivity index (χ0v) is 7.81. The Kier molecular flexibility index (Phi) is 3.57. The summed E-state index contributed by atoms with van der Waals surface area (Å²) in [5.41, 5.74) is 1.44. The molecule has 1 heterocycles. The normalized spacial score (nSPS) is 21.8. The molecule has 2 heteroatoms. The van der Waals surface area contributed by atoms with Gasteiger partial charge in [0.2, 0.25) is 0 Å². The Balaban J connectivity index is 0.000000720. The third-order valence-electron chi connectivity index (χ3n) is 2.26. The van der Waals surface area contributed by atoms with E-state index < -0.39 is 0 Å². The first-order valence-corrected chi connectivity index (χ1v) is 4.25. The lowest BCUT2D eigenvalue weighted by Crippen LogP contribution is -2.12. The molecule has 0 bridgehead atoms. The molecule has 2 rings (SSSR count). The Labute approximate surface area is 79.6 Å². The smallest absolute Gasteiger partial charge is 0.0320 e. The minimum absolute atomic E-state index is 0. The summed E-state index contributed by atoms with van der Waals surface area (Å²) >= 11 is 0. The van der Waals surface area contributed by atoms with E-state index in [-0.39, 0.29) is 12.4 Å². The van der Waals surface area contributed by atoms with Crippen molar-refractivity contribution < 1.29 is 0 Å². The fourth-order valence-electron chi connectivity index (χ4n) is 1.65. The van der Waals surface area contributed by atoms with Crippen molar-refractivity contribution in [1.82, 2.24) is 5.32 Å². The Morgan fingerprint density at radius 2 is 1.92 bits per heavy atom. The topological polar surface area (TPSA) is 12.0 Å². The lowest BCUT2D eigenvalue weighted by atomic mass is 10.1. The van der Waals surface area contributed by atoms with Crippen molar-refractivity contribution in [2.45, 2.75) is 18.9 Å². The molecule has 0 unspecified atom stereocenters. The van der Waals surface area contributed by atoms with Gasteiger partial charge in [0.05, 0.1) is 0 Å². The SMILES string of the molecule is Cl.c1ccc([C@@H]2CCCN2)cc1. The first-order chi connectivity index (χ1) is 5.47. The maximum absolute atomic E-state index is 3.47. The summed E-state index contributed by atoms with van der Waals surface area (Å²) < 4.78 is 0. The Morgan fingerprint density at radius 3 is 2.50 bits per heavy atom. The van der Waals surface area contributed by atoms with Gasteiger partial charge in [0.1, 0.15) is 0 Å². The molecular weight excluding hydrogens is 170 g/mol. The van der Waals surface area contributed by atoms with Crippen molar-refractivity contribution in [3.63, 3.8) is 0 Å². The zero-order chi connectivity index (χ0) is 7.52. The first kappa shape index (κ1) is 9.56. The number of nitrogens with one attached hydrogen (secondary N) is 1. The van der Waals surface area contributed by atoms with Crippen LogP contribution in [-0.2, 0) is 0 Å². The van der Waals surface area contributed by atoms with Crippen LogP contribution in [0.25, 0.3) is 0 Å². The second-order valence-electron chi connectivity index (χ2n) is 3.06. The van der Waals surface area contributed by atoms with Crippen LogP contribution in [0.5, 0.6) is 0 Å². The van der Waals surface area contributed by atoms with Gasteiger partial charge in [-0.25, -0.2) is 0 Å². The largest absolute Gasteiger partial charge is 0.310 e. The molecule has 0 saturated carbocycles. The predicted octanol–water partition coefficient (Wildman–Crippen LogP) is 2.53. The Bertz CT molecular complexity index is 217. The first-order valence-electron chi connectivity index (χ1n) is 4.25. The highest BCUT2D eigenvalue weighted by Gasteiger charge is 2.14. The molecular formula is C10H14ClN. The van der Waals surface area contributed by atoms with Gasteiger partial charge >= 0.3 is 0 Å². The maximum atomic E-state index is 3.47. The standard InChI is InChI=1S/C10H13N.ClH/c1-2-5-9(6-3-1)10-7-4-8-11-10;/h1-3,5-6,10-11H,4,7-8H2;1H/t10-;/m0./s1. The van der Waals surface area contributed by atoms with Crippen molar-refractivity contribution in [3.8, 4) is 0 Å². The molecule has 66 valence electrons. The quantitative estimate of drug-likeness (QED) is 0.706. The number of halogens is 1. The van der Waals surface area contributed by atoms with E-state index in [1.807, 2.05) is 0 Å². The van der Waals surface area contributed by atoms with Crippen LogP contribution in [0.1, 0.15) is 24.4 Å². The molecule has 1 N–H and O–H groups in total. The summed E-state index contributed by atoms with van der Waals surface area (Å²) in [4.78, 5) is 0. The van der Waals surface area contributed by atoms with Crippen LogP contribution >= 0.6 is 12.4 Å². The molecule has 0 radical (unpaired) electrons. The van der Waals surface area contributed by atoms with Crippen LogP contribution in [0.2, 0.25) is 0 Å². The van der Waals surface area contributed by atoms with Crippen LogP contribution < -0.4 is 5.32 Å². The minimum atomic E-state index is 0. The average Bonchev–Trinajstić information content (AvgIpc) is 2.58. The highest BCUT2D eigenvalue weighted by Crippen LogP contribution is 2.21. The van der Waals surface area contributed by atoms with Gasteiger partial charge in [-0.1, -0.05) is 30.3 Å². The Morgan fingerprint density at radius 1 is 1.17 bits per heavy atom. The molecule has 1 nitrogen and oxygen atoms in total. The van der Waals surface area contributed by atoms with Gasteiger partial charge < -0.3 is 5.32 Å². The van der Waals surface area contributed by atoms with Gasteiger partial charge in [-0.05, 0) is 24.9 Å². The van der Waals surface area contributed by atoms with Gasteiger partial charge in [0.25, 0.3) is 0 Å². The van der Waals surface area contributed by atoms with Crippen molar-refractivity contribution in [3.05, 3.63) is 35.9 Å². The molecule has 0 aliphatic carbocycles. The number of rotatable bonds is 1. The van der Waals surface area contributed by atoms with Gasteiger partial charge in [0, 0.05) is 6.04 Å². The summed E-state index contributed by atoms with van der Waals surface area (Å²) in [6, 6.07) is 11.3. The maximum Gasteiger partial charge on any atom is 0.0320 e. The highest BCUT2D eigenvalue weighted by molar-refractivity contribution is 5.85. The molecule has 1 aliphatic heterocycles. The van der Waals surface area contributed by atoms with E-state index in [1.54, 1.807) is 0 Å². The molecule has 1 aliphatic rings. The monoisotopic (exact) mass is 183 g/mol. The van der Waals surface area contributed by atoms with E-state index in [1.165, 1.54) is 24.9 Å². The van der Waals surface area contributed by atoms with E-state index in [4.69, 9.17) is 0 Å². The van der Waals surface area contributed by atoms with Gasteiger partial charge in [0.15, 0.2) is 0 Å². The lowest BCUT2D eigenvalue weighted by molar-refractivity contribution is 0.648. The van der Waals surface area contributed by atoms with Gasteiger partial charge in [-0.3, -0.25) is 0 Å². The van der Waals surface area contributed by atoms with E-state index in [0.29, 0.717) is 6.04 Å². The molecule has 0 aromatic heterocycles. The van der Waals surface area contributed by atoms with Crippen LogP contribution in [0.4, 0.5) is 0 Å². The third-order valence-corrected chi connectivity index (χ3v) is 2.26. The summed E-state index contributed by atoms with van der Waals surface area (Å²) in [7, 11) is 0. The molecule has 1 aromatic carbocycles. The summed E-state index contributed by atoms with van der Waals surface area (Å²) in [5, 5.41) is 3.47. The molecule has 1 atom stereocenters. The lowest BCUT2D eigenvalue weighted by Gasteiger charge is -2.08. The highest BCUT2D eigenvalue weighted by atomic mass is 35.5. The number of hydrogen-bond donors (Lipinski definition) is 1. The molecule has 1 saturated heterocycles. The van der Waals surface area contributed by atoms with Crippen LogP contribution in [-0.4, -0.2) is 6.54 Å². The molecule has 0 spiro atoms. The summed E-state index contributed by atoms with van der Waals surface area (Å²) in [6.07, 6.45) is 2.61. The van der Waals surface area contributed by atoms with E-state index in [9.17, 15) is 0 Å². The number of hydrogen-bond acceptors (Lipinski definition) is 1. The molecule has 1 fully saturated rings. The fourth-order valence-corrected chi connectivity index (χ4v) is 1.65. The van der Waals surface area contributed by atoms with Crippen molar-refractivity contribution in [1.29, 1.82) is 0 Å². The molecule has 12 heavy (non-hydrogen) atoms. The van der Waals surface area contributed by atoms with Gasteiger partial charge in [-0.15, -0.1) is 12.4 Å². The predicted molar refractivity (Wildman–Crippen MR) is 53.7 cm³/mol.